The minimum Gasteiger partial charge on any atom is -0.310 e. The maximum atomic E-state index is 13.1. The lowest BCUT2D eigenvalue weighted by Crippen LogP contribution is -2.39. The summed E-state index contributed by atoms with van der Waals surface area (Å²) in [6.07, 6.45) is 6.85. The normalized spacial score (nSPS) is 21.0. The maximum Gasteiger partial charge on any atom is 0.234 e. The quantitative estimate of drug-likeness (QED) is 0.418. The topological polar surface area (TPSA) is 109 Å². The molecule has 2 aromatic heterocycles. The van der Waals surface area contributed by atoms with E-state index in [0.717, 1.165) is 67.7 Å². The minimum atomic E-state index is -0.268. The summed E-state index contributed by atoms with van der Waals surface area (Å²) in [6.45, 7) is 7.78. The third-order valence-corrected chi connectivity index (χ3v) is 8.86. The van der Waals surface area contributed by atoms with E-state index in [2.05, 4.69) is 51.6 Å². The van der Waals surface area contributed by atoms with Crippen LogP contribution in [-0.2, 0) is 33.9 Å². The standard InChI is InChI=1S/C31H35ClN6O3/c1-31(2)14-26-24(15-34-38(26)18-31)23-13-27(33-16-25(23)32)35-29(40)21-9-11-37(12-10-21)17-19-3-5-20(6-4-19)22-7-8-28(39)36-30(22)41/h3-6,13,15-16,21-22H,7-12,14,17-18H2,1-2H3,(H,33,35,40)(H,36,39,41). The first-order valence-electron chi connectivity index (χ1n) is 14.3. The van der Waals surface area contributed by atoms with Gasteiger partial charge >= 0.3 is 0 Å². The van der Waals surface area contributed by atoms with Crippen molar-refractivity contribution >= 4 is 35.1 Å². The lowest BCUT2D eigenvalue weighted by Gasteiger charge is -2.31. The molecule has 3 aromatic rings. The van der Waals surface area contributed by atoms with Gasteiger partial charge in [0.05, 0.1) is 17.1 Å². The summed E-state index contributed by atoms with van der Waals surface area (Å²) in [4.78, 5) is 43.5. The van der Waals surface area contributed by atoms with Crippen LogP contribution in [0, 0.1) is 11.3 Å². The molecule has 3 amide bonds. The number of benzene rings is 1. The van der Waals surface area contributed by atoms with Gasteiger partial charge in [0, 0.05) is 48.4 Å². The number of nitrogens with zero attached hydrogens (tertiary/aromatic N) is 4. The van der Waals surface area contributed by atoms with Crippen molar-refractivity contribution in [3.05, 3.63) is 64.6 Å². The molecular weight excluding hydrogens is 540 g/mol. The van der Waals surface area contributed by atoms with Crippen LogP contribution in [-0.4, -0.2) is 50.5 Å². The number of hydrogen-bond donors (Lipinski definition) is 2. The van der Waals surface area contributed by atoms with Crippen molar-refractivity contribution < 1.29 is 14.4 Å². The Morgan fingerprint density at radius 1 is 1.10 bits per heavy atom. The second kappa shape index (κ2) is 11.0. The second-order valence-corrected chi connectivity index (χ2v) is 12.7. The number of pyridine rings is 1. The van der Waals surface area contributed by atoms with Gasteiger partial charge in [-0.25, -0.2) is 4.98 Å². The molecule has 3 aliphatic heterocycles. The third kappa shape index (κ3) is 5.92. The number of rotatable bonds is 6. The van der Waals surface area contributed by atoms with Crippen molar-refractivity contribution in [2.45, 2.75) is 65.0 Å². The van der Waals surface area contributed by atoms with Crippen LogP contribution in [0.5, 0.6) is 0 Å². The zero-order valence-corrected chi connectivity index (χ0v) is 24.2. The van der Waals surface area contributed by atoms with Crippen molar-refractivity contribution in [2.24, 2.45) is 11.3 Å². The number of imide groups is 1. The van der Waals surface area contributed by atoms with Gasteiger partial charge in [-0.3, -0.25) is 29.3 Å². The summed E-state index contributed by atoms with van der Waals surface area (Å²) in [5.41, 5.74) is 5.26. The number of aromatic nitrogens is 3. The van der Waals surface area contributed by atoms with Crippen LogP contribution in [0.25, 0.3) is 11.1 Å². The summed E-state index contributed by atoms with van der Waals surface area (Å²) in [7, 11) is 0. The molecule has 214 valence electrons. The first-order chi connectivity index (χ1) is 19.6. The highest BCUT2D eigenvalue weighted by molar-refractivity contribution is 6.33. The van der Waals surface area contributed by atoms with E-state index < -0.39 is 0 Å². The molecule has 1 unspecified atom stereocenters. The fraction of sp³-hybridized carbons (Fsp3) is 0.452. The molecule has 0 bridgehead atoms. The molecular formula is C31H35ClN6O3. The Morgan fingerprint density at radius 2 is 1.85 bits per heavy atom. The summed E-state index contributed by atoms with van der Waals surface area (Å²) in [5, 5.41) is 10.6. The smallest absolute Gasteiger partial charge is 0.234 e. The van der Waals surface area contributed by atoms with Gasteiger partial charge in [0.15, 0.2) is 0 Å². The van der Waals surface area contributed by atoms with E-state index in [0.29, 0.717) is 23.7 Å². The summed E-state index contributed by atoms with van der Waals surface area (Å²) in [5.74, 6) is -0.269. The number of hydrogen-bond acceptors (Lipinski definition) is 6. The van der Waals surface area contributed by atoms with E-state index >= 15 is 0 Å². The van der Waals surface area contributed by atoms with E-state index in [1.165, 1.54) is 5.69 Å². The molecule has 3 aliphatic rings. The molecule has 9 nitrogen and oxygen atoms in total. The van der Waals surface area contributed by atoms with Gasteiger partial charge in [-0.05, 0) is 61.4 Å². The first kappa shape index (κ1) is 27.6. The fourth-order valence-electron chi connectivity index (χ4n) is 6.29. The zero-order chi connectivity index (χ0) is 28.7. The van der Waals surface area contributed by atoms with Gasteiger partial charge in [0.2, 0.25) is 17.7 Å². The van der Waals surface area contributed by atoms with Crippen LogP contribution in [0.15, 0.2) is 42.7 Å². The number of nitrogens with one attached hydrogen (secondary N) is 2. The minimum absolute atomic E-state index is 0.0135. The van der Waals surface area contributed by atoms with Crippen LogP contribution < -0.4 is 10.6 Å². The summed E-state index contributed by atoms with van der Waals surface area (Å²) in [6, 6.07) is 9.94. The number of carbonyl (C=O) groups is 3. The highest BCUT2D eigenvalue weighted by atomic mass is 35.5. The van der Waals surface area contributed by atoms with E-state index in [-0.39, 0.29) is 35.0 Å². The Labute approximate surface area is 244 Å². The molecule has 2 saturated heterocycles. The number of carbonyl (C=O) groups excluding carboxylic acids is 3. The summed E-state index contributed by atoms with van der Waals surface area (Å²) >= 11 is 6.54. The number of anilines is 1. The predicted molar refractivity (Wildman–Crippen MR) is 156 cm³/mol. The SMILES string of the molecule is CC1(C)Cc2c(-c3cc(NC(=O)C4CCN(Cc5ccc(C6CCC(=O)NC6=O)cc5)CC4)ncc3Cl)cnn2C1. The lowest BCUT2D eigenvalue weighted by molar-refractivity contribution is -0.134. The van der Waals surface area contributed by atoms with Crippen LogP contribution in [0.2, 0.25) is 5.02 Å². The molecule has 2 fully saturated rings. The predicted octanol–water partition coefficient (Wildman–Crippen LogP) is 4.55. The van der Waals surface area contributed by atoms with Crippen molar-refractivity contribution in [3.8, 4) is 11.1 Å². The van der Waals surface area contributed by atoms with Crippen molar-refractivity contribution in [3.63, 3.8) is 0 Å². The maximum absolute atomic E-state index is 13.1. The molecule has 10 heteroatoms. The third-order valence-electron chi connectivity index (χ3n) is 8.56. The highest BCUT2D eigenvalue weighted by Gasteiger charge is 2.32. The number of piperidine rings is 2. The molecule has 0 aliphatic carbocycles. The molecule has 6 rings (SSSR count). The first-order valence-corrected chi connectivity index (χ1v) is 14.7. The van der Waals surface area contributed by atoms with Crippen LogP contribution in [0.4, 0.5) is 5.82 Å². The van der Waals surface area contributed by atoms with E-state index in [4.69, 9.17) is 11.6 Å². The Bertz CT molecular complexity index is 1490. The van der Waals surface area contributed by atoms with Gasteiger partial charge in [-0.2, -0.15) is 5.10 Å². The Balaban J connectivity index is 1.03. The van der Waals surface area contributed by atoms with Crippen LogP contribution in [0.3, 0.4) is 0 Å². The zero-order valence-electron chi connectivity index (χ0n) is 23.5. The van der Waals surface area contributed by atoms with Gasteiger partial charge < -0.3 is 5.32 Å². The fourth-order valence-corrected chi connectivity index (χ4v) is 6.50. The molecule has 41 heavy (non-hydrogen) atoms. The van der Waals surface area contributed by atoms with Crippen LogP contribution in [0.1, 0.15) is 62.3 Å². The van der Waals surface area contributed by atoms with Crippen molar-refractivity contribution in [1.82, 2.24) is 25.0 Å². The van der Waals surface area contributed by atoms with E-state index in [1.807, 2.05) is 29.1 Å². The van der Waals surface area contributed by atoms with Gasteiger partial charge in [-0.1, -0.05) is 49.7 Å². The molecule has 1 atom stereocenters. The lowest BCUT2D eigenvalue weighted by atomic mass is 9.89. The molecule has 0 spiro atoms. The Morgan fingerprint density at radius 3 is 2.59 bits per heavy atom. The molecule has 0 saturated carbocycles. The van der Waals surface area contributed by atoms with Crippen LogP contribution >= 0.6 is 11.6 Å². The number of amides is 3. The monoisotopic (exact) mass is 574 g/mol. The van der Waals surface area contributed by atoms with Crippen molar-refractivity contribution in [2.75, 3.05) is 18.4 Å². The van der Waals surface area contributed by atoms with Gasteiger partial charge in [-0.15, -0.1) is 0 Å². The van der Waals surface area contributed by atoms with Gasteiger partial charge in [0.25, 0.3) is 0 Å². The second-order valence-electron chi connectivity index (χ2n) is 12.3. The van der Waals surface area contributed by atoms with Gasteiger partial charge in [0.1, 0.15) is 5.82 Å². The average molecular weight is 575 g/mol. The van der Waals surface area contributed by atoms with E-state index in [1.54, 1.807) is 6.20 Å². The van der Waals surface area contributed by atoms with E-state index in [9.17, 15) is 14.4 Å². The molecule has 0 radical (unpaired) electrons. The van der Waals surface area contributed by atoms with Crippen molar-refractivity contribution in [1.29, 1.82) is 0 Å². The average Bonchev–Trinajstić information content (AvgIpc) is 3.45. The number of halogens is 1. The molecule has 1 aromatic carbocycles. The molecule has 2 N–H and O–H groups in total. The Hall–Kier alpha value is -3.56. The Kier molecular flexibility index (Phi) is 7.42. The highest BCUT2D eigenvalue weighted by Crippen LogP contribution is 2.39. The number of fused-ring (bicyclic) bond motifs is 1. The number of likely N-dealkylation sites (tertiary alicyclic amines) is 1. The molecule has 5 heterocycles. The summed E-state index contributed by atoms with van der Waals surface area (Å²) < 4.78 is 2.05. The largest absolute Gasteiger partial charge is 0.310 e.